The zero-order chi connectivity index (χ0) is 40.0. The summed E-state index contributed by atoms with van der Waals surface area (Å²) in [6.07, 6.45) is -3.66. The van der Waals surface area contributed by atoms with Crippen molar-refractivity contribution in [1.82, 2.24) is 10.1 Å². The third-order valence-corrected chi connectivity index (χ3v) is 12.9. The highest BCUT2D eigenvalue weighted by Crippen LogP contribution is 2.65. The van der Waals surface area contributed by atoms with E-state index in [1.165, 1.54) is 0 Å². The van der Waals surface area contributed by atoms with Gasteiger partial charge in [0.05, 0.1) is 11.3 Å². The van der Waals surface area contributed by atoms with E-state index in [-0.39, 0.29) is 77.4 Å². The maximum atomic E-state index is 15.2. The highest BCUT2D eigenvalue weighted by atomic mass is 19.4. The number of allylic oxidation sites excluding steroid dienone is 1. The molecule has 5 aromatic rings. The van der Waals surface area contributed by atoms with Gasteiger partial charge in [-0.05, 0) is 59.5 Å². The number of Topliss-reactive ketones (excluding diaryl/α,β-unsaturated/α-hetero) is 2. The zero-order valence-corrected chi connectivity index (χ0v) is 31.7. The molecule has 10 nitrogen and oxygen atoms in total. The van der Waals surface area contributed by atoms with Gasteiger partial charge in [0.1, 0.15) is 24.5 Å². The Bertz CT molecular complexity index is 2540. The van der Waals surface area contributed by atoms with Gasteiger partial charge in [0.2, 0.25) is 11.4 Å². The molecule has 4 heterocycles. The molecule has 5 atom stereocenters. The van der Waals surface area contributed by atoms with Crippen molar-refractivity contribution in [3.8, 4) is 17.4 Å². The Morgan fingerprint density at radius 2 is 1.53 bits per heavy atom. The molecule has 13 heteroatoms. The summed E-state index contributed by atoms with van der Waals surface area (Å²) in [7, 11) is 0. The predicted octanol–water partition coefficient (Wildman–Crippen LogP) is 8.56. The van der Waals surface area contributed by atoms with Gasteiger partial charge in [0, 0.05) is 48.2 Å². The number of benzene rings is 4. The predicted molar refractivity (Wildman–Crippen MR) is 206 cm³/mol. The Labute approximate surface area is 336 Å². The van der Waals surface area contributed by atoms with Crippen LogP contribution in [-0.2, 0) is 37.3 Å². The number of hydrogen-bond acceptors (Lipinski definition) is 10. The summed E-state index contributed by atoms with van der Waals surface area (Å²) in [5, 5.41) is 7.53. The van der Waals surface area contributed by atoms with Crippen LogP contribution in [0.15, 0.2) is 107 Å². The van der Waals surface area contributed by atoms with Crippen LogP contribution in [0.3, 0.4) is 0 Å². The molecule has 0 radical (unpaired) electrons. The first-order valence-corrected chi connectivity index (χ1v) is 20.0. The van der Waals surface area contributed by atoms with Crippen LogP contribution in [0.5, 0.6) is 17.4 Å². The third-order valence-electron chi connectivity index (χ3n) is 12.9. The number of ether oxygens (including phenoxy) is 4. The van der Waals surface area contributed by atoms with Crippen molar-refractivity contribution in [3.05, 3.63) is 147 Å². The van der Waals surface area contributed by atoms with Crippen LogP contribution in [0.25, 0.3) is 0 Å². The van der Waals surface area contributed by atoms with Crippen LogP contribution in [0.2, 0.25) is 0 Å². The van der Waals surface area contributed by atoms with E-state index < -0.39 is 41.4 Å². The van der Waals surface area contributed by atoms with Gasteiger partial charge in [-0.2, -0.15) is 0 Å². The highest BCUT2D eigenvalue weighted by molar-refractivity contribution is 6.18. The van der Waals surface area contributed by atoms with Gasteiger partial charge in [0.15, 0.2) is 23.1 Å². The number of hydrogen-bond donors (Lipinski definition) is 1. The number of alkyl halides is 3. The smallest absolute Gasteiger partial charge is 0.486 e. The Kier molecular flexibility index (Phi) is 8.24. The number of nitrogens with one attached hydrogen (secondary N) is 1. The molecule has 3 unspecified atom stereocenters. The van der Waals surface area contributed by atoms with Crippen molar-refractivity contribution in [2.75, 3.05) is 18.4 Å². The monoisotopic (exact) mass is 801 g/mol. The average Bonchev–Trinajstić information content (AvgIpc) is 3.67. The van der Waals surface area contributed by atoms with Crippen molar-refractivity contribution >= 4 is 17.3 Å². The first-order valence-electron chi connectivity index (χ1n) is 20.0. The van der Waals surface area contributed by atoms with Gasteiger partial charge in [-0.3, -0.25) is 14.5 Å². The van der Waals surface area contributed by atoms with Gasteiger partial charge in [-0.25, -0.2) is 0 Å². The average molecular weight is 802 g/mol. The molecule has 11 rings (SSSR count). The minimum Gasteiger partial charge on any atom is -0.486 e. The molecule has 1 aromatic heterocycles. The van der Waals surface area contributed by atoms with Crippen molar-refractivity contribution in [2.24, 2.45) is 17.8 Å². The molecule has 2 saturated heterocycles. The number of rotatable bonds is 9. The summed E-state index contributed by atoms with van der Waals surface area (Å²) in [4.78, 5) is 31.9. The molecular formula is C46H38F3N3O7. The molecule has 0 amide bonds. The number of ketones is 2. The second-order valence-electron chi connectivity index (χ2n) is 16.3. The quantitative estimate of drug-likeness (QED) is 0.146. The van der Waals surface area contributed by atoms with E-state index in [1.807, 2.05) is 91.0 Å². The lowest BCUT2D eigenvalue weighted by Crippen LogP contribution is -2.44. The molecule has 6 aliphatic rings. The normalized spacial score (nSPS) is 24.9. The van der Waals surface area contributed by atoms with Crippen LogP contribution in [0.1, 0.15) is 73.2 Å². The number of nitrogens with zero attached hydrogens (tertiary/aromatic N) is 2. The summed E-state index contributed by atoms with van der Waals surface area (Å²) < 4.78 is 73.9. The van der Waals surface area contributed by atoms with Gasteiger partial charge >= 0.3 is 6.36 Å². The number of halogens is 3. The Hall–Kier alpha value is -6.08. The summed E-state index contributed by atoms with van der Waals surface area (Å²) >= 11 is 0. The van der Waals surface area contributed by atoms with Gasteiger partial charge < -0.3 is 28.8 Å². The van der Waals surface area contributed by atoms with Gasteiger partial charge in [-0.1, -0.05) is 91.0 Å². The highest BCUT2D eigenvalue weighted by Gasteiger charge is 2.72. The maximum absolute atomic E-state index is 15.2. The lowest BCUT2D eigenvalue weighted by molar-refractivity contribution is -0.275. The Morgan fingerprint density at radius 3 is 2.22 bits per heavy atom. The standard InChI is InChI=1S/C46H38F3N3O7/c47-46(48,49)57-40-31-19-29-18-30-20-32-35(44(51-59-32)56-24-27-14-8-3-9-15-27)42(54)45(30)43(58-45)33(29)39(53)34(31)41(55-23-26-12-6-2-7-13-26)37-36(40)38-28(21-50-37)16-17-52(38)22-25-10-4-1-5-11-25/h1-15,28-30,38,50H,16-24H2/t28?,29?,30-,38?,45+/m0/s1. The summed E-state index contributed by atoms with van der Waals surface area (Å²) in [5.74, 6) is -1.42. The third kappa shape index (κ3) is 5.83. The summed E-state index contributed by atoms with van der Waals surface area (Å²) in [6.45, 7) is 1.89. The second kappa shape index (κ2) is 13.5. The summed E-state index contributed by atoms with van der Waals surface area (Å²) in [6, 6.07) is 28.3. The molecule has 3 aliphatic heterocycles. The molecule has 2 fully saturated rings. The van der Waals surface area contributed by atoms with Crippen LogP contribution in [0.4, 0.5) is 18.9 Å². The lowest BCUT2D eigenvalue weighted by Gasteiger charge is -2.40. The fraction of sp³-hybridized carbons (Fsp3) is 0.326. The molecule has 300 valence electrons. The zero-order valence-electron chi connectivity index (χ0n) is 31.7. The van der Waals surface area contributed by atoms with Crippen LogP contribution < -0.4 is 19.5 Å². The fourth-order valence-corrected chi connectivity index (χ4v) is 10.4. The van der Waals surface area contributed by atoms with Crippen molar-refractivity contribution in [1.29, 1.82) is 0 Å². The molecule has 59 heavy (non-hydrogen) atoms. The minimum absolute atomic E-state index is 0.00106. The van der Waals surface area contributed by atoms with Crippen LogP contribution in [-0.4, -0.2) is 46.7 Å². The second-order valence-corrected chi connectivity index (χ2v) is 16.3. The molecule has 0 bridgehead atoms. The fourth-order valence-electron chi connectivity index (χ4n) is 10.4. The maximum Gasteiger partial charge on any atom is 0.573 e. The molecular weight excluding hydrogens is 764 g/mol. The largest absolute Gasteiger partial charge is 0.573 e. The van der Waals surface area contributed by atoms with E-state index in [2.05, 4.69) is 15.4 Å². The first-order chi connectivity index (χ1) is 28.7. The topological polar surface area (TPSA) is 116 Å². The number of carbonyl (C=O) groups is 2. The number of fused-ring (bicyclic) bond motifs is 6. The van der Waals surface area contributed by atoms with E-state index in [1.54, 1.807) is 0 Å². The minimum atomic E-state index is -5.05. The molecule has 4 aromatic carbocycles. The lowest BCUT2D eigenvalue weighted by atomic mass is 9.63. The van der Waals surface area contributed by atoms with Gasteiger partial charge in [0.25, 0.3) is 5.88 Å². The Balaban J connectivity index is 1.03. The van der Waals surface area contributed by atoms with E-state index in [0.717, 1.165) is 23.1 Å². The van der Waals surface area contributed by atoms with E-state index in [0.29, 0.717) is 43.1 Å². The van der Waals surface area contributed by atoms with E-state index >= 15 is 4.79 Å². The number of likely N-dealkylation sites (tertiary alicyclic amines) is 1. The first kappa shape index (κ1) is 36.0. The van der Waals surface area contributed by atoms with Crippen molar-refractivity contribution < 1.29 is 46.2 Å². The number of carbonyl (C=O) groups excluding carboxylic acids is 2. The number of aromatic nitrogens is 1. The molecule has 1 N–H and O–H groups in total. The molecule has 1 spiro atoms. The van der Waals surface area contributed by atoms with Gasteiger partial charge in [-0.15, -0.1) is 13.2 Å². The van der Waals surface area contributed by atoms with E-state index in [4.69, 9.17) is 23.5 Å². The van der Waals surface area contributed by atoms with E-state index in [9.17, 15) is 18.0 Å². The molecule has 3 aliphatic carbocycles. The van der Waals surface area contributed by atoms with Crippen molar-refractivity contribution in [2.45, 2.75) is 63.4 Å². The van der Waals surface area contributed by atoms with Crippen molar-refractivity contribution in [3.63, 3.8) is 0 Å². The summed E-state index contributed by atoms with van der Waals surface area (Å²) in [5.41, 5.74) is 2.63. The Morgan fingerprint density at radius 1 is 0.847 bits per heavy atom. The molecule has 0 saturated carbocycles. The number of anilines is 1. The number of epoxide rings is 1. The van der Waals surface area contributed by atoms with Crippen LogP contribution >= 0.6 is 0 Å². The van der Waals surface area contributed by atoms with Crippen LogP contribution in [0, 0.1) is 17.8 Å². The SMILES string of the molecule is O=C1C2=C3O[C@]34C(=O)c3c(OCc5ccccc5)noc3C[C@@H]4CC2Cc2c(OC(F)(F)F)c3c(c(OCc4ccccc4)c21)NCC1CCN(Cc2ccccc2)C31.